The number of likely N-dealkylation sites (tertiary alicyclic amines) is 1. The Morgan fingerprint density at radius 1 is 1.38 bits per heavy atom. The van der Waals surface area contributed by atoms with Gasteiger partial charge in [0.15, 0.2) is 0 Å². The summed E-state index contributed by atoms with van der Waals surface area (Å²) in [6, 6.07) is 1.69. The molecule has 136 valence electrons. The third kappa shape index (κ3) is 4.72. The van der Waals surface area contributed by atoms with Crippen molar-refractivity contribution in [1.29, 1.82) is 0 Å². The van der Waals surface area contributed by atoms with Crippen molar-refractivity contribution in [1.82, 2.24) is 9.62 Å². The fourth-order valence-electron chi connectivity index (χ4n) is 2.97. The summed E-state index contributed by atoms with van der Waals surface area (Å²) < 4.78 is 53.5. The molecule has 1 aliphatic heterocycles. The van der Waals surface area contributed by atoms with E-state index in [1.165, 1.54) is 0 Å². The molecule has 0 bridgehead atoms. The number of hydrogen-bond donors (Lipinski definition) is 2. The fourth-order valence-corrected chi connectivity index (χ4v) is 4.43. The lowest BCUT2D eigenvalue weighted by molar-refractivity contribution is 0.111. The van der Waals surface area contributed by atoms with E-state index in [-0.39, 0.29) is 11.0 Å². The molecule has 24 heavy (non-hydrogen) atoms. The maximum atomic E-state index is 13.8. The zero-order valence-electron chi connectivity index (χ0n) is 13.5. The number of halogens is 3. The van der Waals surface area contributed by atoms with E-state index >= 15 is 0 Å². The van der Waals surface area contributed by atoms with Gasteiger partial charge in [-0.05, 0) is 47.3 Å². The van der Waals surface area contributed by atoms with Gasteiger partial charge in [0.25, 0.3) is 0 Å². The van der Waals surface area contributed by atoms with Crippen molar-refractivity contribution in [2.24, 2.45) is 5.92 Å². The highest BCUT2D eigenvalue weighted by molar-refractivity contribution is 9.10. The van der Waals surface area contributed by atoms with Gasteiger partial charge in [0.1, 0.15) is 16.5 Å². The highest BCUT2D eigenvalue weighted by Gasteiger charge is 2.28. The van der Waals surface area contributed by atoms with Crippen LogP contribution in [-0.4, -0.2) is 50.2 Å². The van der Waals surface area contributed by atoms with Crippen molar-refractivity contribution < 1.29 is 22.3 Å². The number of β-amino-alcohol motifs (C(OH)–C–C–N with tert-alkyl or cyclic N) is 1. The predicted molar refractivity (Wildman–Crippen MR) is 90.1 cm³/mol. The number of aliphatic hydroxyl groups is 1. The first-order chi connectivity index (χ1) is 11.1. The number of nitrogens with zero attached hydrogens (tertiary/aromatic N) is 1. The Morgan fingerprint density at radius 3 is 2.62 bits per heavy atom. The molecule has 0 radical (unpaired) electrons. The average Bonchev–Trinajstić information content (AvgIpc) is 2.78. The number of nitrogens with one attached hydrogen (secondary N) is 1. The molecular formula is C15H21BrF2N2O3S. The van der Waals surface area contributed by atoms with E-state index in [0.29, 0.717) is 24.6 Å². The molecule has 1 saturated heterocycles. The first-order valence-electron chi connectivity index (χ1n) is 7.66. The highest BCUT2D eigenvalue weighted by Crippen LogP contribution is 2.24. The molecule has 0 saturated carbocycles. The molecule has 1 aromatic rings. The van der Waals surface area contributed by atoms with E-state index in [1.54, 1.807) is 0 Å². The summed E-state index contributed by atoms with van der Waals surface area (Å²) in [6.07, 6.45) is 0.0952. The second-order valence-corrected chi connectivity index (χ2v) is 8.94. The number of rotatable bonds is 6. The van der Waals surface area contributed by atoms with Crippen LogP contribution in [0.4, 0.5) is 8.78 Å². The normalized spacial score (nSPS) is 23.6. The Bertz CT molecular complexity index is 702. The summed E-state index contributed by atoms with van der Waals surface area (Å²) in [5, 5.41) is 10.0. The highest BCUT2D eigenvalue weighted by atomic mass is 79.9. The van der Waals surface area contributed by atoms with Crippen LogP contribution in [0.2, 0.25) is 0 Å². The Morgan fingerprint density at radius 2 is 2.04 bits per heavy atom. The van der Waals surface area contributed by atoms with Crippen LogP contribution in [0.25, 0.3) is 0 Å². The molecular weight excluding hydrogens is 406 g/mol. The third-order valence-corrected chi connectivity index (χ3v) is 6.18. The van der Waals surface area contributed by atoms with Crippen LogP contribution in [0.3, 0.4) is 0 Å². The smallest absolute Gasteiger partial charge is 0.243 e. The summed E-state index contributed by atoms with van der Waals surface area (Å²) >= 11 is 2.79. The molecule has 0 spiro atoms. The molecule has 2 unspecified atom stereocenters. The van der Waals surface area contributed by atoms with E-state index in [9.17, 15) is 22.3 Å². The van der Waals surface area contributed by atoms with Gasteiger partial charge < -0.3 is 5.11 Å². The lowest BCUT2D eigenvalue weighted by Crippen LogP contribution is -2.41. The van der Waals surface area contributed by atoms with Crippen LogP contribution in [-0.2, 0) is 10.0 Å². The van der Waals surface area contributed by atoms with Gasteiger partial charge in [-0.25, -0.2) is 21.9 Å². The summed E-state index contributed by atoms with van der Waals surface area (Å²) in [5.41, 5.74) is 0. The van der Waals surface area contributed by atoms with Crippen LogP contribution < -0.4 is 4.72 Å². The lowest BCUT2D eigenvalue weighted by Gasteiger charge is -2.24. The van der Waals surface area contributed by atoms with Crippen molar-refractivity contribution in [2.45, 2.75) is 37.3 Å². The Kier molecular flexibility index (Phi) is 6.35. The van der Waals surface area contributed by atoms with Crippen LogP contribution in [0.15, 0.2) is 21.5 Å². The quantitative estimate of drug-likeness (QED) is 0.683. The minimum absolute atomic E-state index is 0.156. The third-order valence-electron chi connectivity index (χ3n) is 4.13. The Hall–Kier alpha value is -0.610. The monoisotopic (exact) mass is 426 g/mol. The standard InChI is InChI=1S/C15H21BrF2N2O3S/c1-9-3-10(2)20(7-9)8-11(21)6-19-24(22,23)15-5-13(17)12(16)4-14(15)18/h4-5,9-11,19,21H,3,6-8H2,1-2H3/t9?,10?,11-/m0/s1. The van der Waals surface area contributed by atoms with Crippen LogP contribution in [0.5, 0.6) is 0 Å². The molecule has 1 fully saturated rings. The van der Waals surface area contributed by atoms with Gasteiger partial charge in [-0.3, -0.25) is 4.90 Å². The minimum Gasteiger partial charge on any atom is -0.390 e. The zero-order chi connectivity index (χ0) is 18.1. The van der Waals surface area contributed by atoms with E-state index in [1.807, 2.05) is 0 Å². The van der Waals surface area contributed by atoms with Crippen molar-refractivity contribution in [2.75, 3.05) is 19.6 Å². The average molecular weight is 427 g/mol. The van der Waals surface area contributed by atoms with Crippen LogP contribution in [0.1, 0.15) is 20.3 Å². The molecule has 1 heterocycles. The topological polar surface area (TPSA) is 69.6 Å². The number of aliphatic hydroxyl groups excluding tert-OH is 1. The zero-order valence-corrected chi connectivity index (χ0v) is 15.9. The first kappa shape index (κ1) is 19.7. The molecule has 2 rings (SSSR count). The summed E-state index contributed by atoms with van der Waals surface area (Å²) in [6.45, 7) is 5.08. The maximum Gasteiger partial charge on any atom is 0.243 e. The van der Waals surface area contributed by atoms with E-state index in [2.05, 4.69) is 39.4 Å². The number of hydrogen-bond acceptors (Lipinski definition) is 4. The molecule has 0 aromatic heterocycles. The van der Waals surface area contributed by atoms with Crippen molar-refractivity contribution >= 4 is 26.0 Å². The summed E-state index contributed by atoms with van der Waals surface area (Å²) in [7, 11) is -4.25. The largest absolute Gasteiger partial charge is 0.390 e. The van der Waals surface area contributed by atoms with E-state index in [4.69, 9.17) is 0 Å². The summed E-state index contributed by atoms with van der Waals surface area (Å²) in [4.78, 5) is 1.31. The maximum absolute atomic E-state index is 13.8. The SMILES string of the molecule is CC1CC(C)N(C[C@@H](O)CNS(=O)(=O)c2cc(F)c(Br)cc2F)C1. The summed E-state index contributed by atoms with van der Waals surface area (Å²) in [5.74, 6) is -1.41. The van der Waals surface area contributed by atoms with Gasteiger partial charge >= 0.3 is 0 Å². The van der Waals surface area contributed by atoms with Crippen molar-refractivity contribution in [3.8, 4) is 0 Å². The molecule has 9 heteroatoms. The molecule has 1 aromatic carbocycles. The predicted octanol–water partition coefficient (Wildman–Crippen LogP) is 2.10. The second kappa shape index (κ2) is 7.74. The molecule has 0 amide bonds. The molecule has 1 aliphatic rings. The van der Waals surface area contributed by atoms with Crippen molar-refractivity contribution in [3.63, 3.8) is 0 Å². The van der Waals surface area contributed by atoms with Gasteiger partial charge in [-0.1, -0.05) is 6.92 Å². The second-order valence-electron chi connectivity index (χ2n) is 6.35. The minimum atomic E-state index is -4.25. The van der Waals surface area contributed by atoms with Crippen LogP contribution >= 0.6 is 15.9 Å². The molecule has 2 N–H and O–H groups in total. The Balaban J connectivity index is 1.99. The molecule has 5 nitrogen and oxygen atoms in total. The first-order valence-corrected chi connectivity index (χ1v) is 9.94. The number of sulfonamides is 1. The fraction of sp³-hybridized carbons (Fsp3) is 0.600. The number of benzene rings is 1. The van der Waals surface area contributed by atoms with Gasteiger partial charge in [-0.2, -0.15) is 0 Å². The van der Waals surface area contributed by atoms with Gasteiger partial charge in [0, 0.05) is 25.7 Å². The van der Waals surface area contributed by atoms with Crippen molar-refractivity contribution in [3.05, 3.63) is 28.2 Å². The molecule has 0 aliphatic carbocycles. The van der Waals surface area contributed by atoms with E-state index < -0.39 is 32.7 Å². The van der Waals surface area contributed by atoms with Crippen LogP contribution in [0, 0.1) is 17.6 Å². The van der Waals surface area contributed by atoms with Gasteiger partial charge in [0.2, 0.25) is 10.0 Å². The Labute approximate surface area is 149 Å². The van der Waals surface area contributed by atoms with Gasteiger partial charge in [-0.15, -0.1) is 0 Å². The van der Waals surface area contributed by atoms with Gasteiger partial charge in [0.05, 0.1) is 10.6 Å². The lowest BCUT2D eigenvalue weighted by atomic mass is 10.1. The van der Waals surface area contributed by atoms with E-state index in [0.717, 1.165) is 19.0 Å². The molecule has 3 atom stereocenters.